The van der Waals surface area contributed by atoms with Crippen LogP contribution < -0.4 is 14.8 Å². The Balaban J connectivity index is 1.50. The van der Waals surface area contributed by atoms with E-state index in [0.717, 1.165) is 36.0 Å². The molecule has 0 saturated heterocycles. The highest BCUT2D eigenvalue weighted by Gasteiger charge is 2.30. The molecule has 29 heavy (non-hydrogen) atoms. The number of para-hydroxylation sites is 1. The Kier molecular flexibility index (Phi) is 5.76. The molecule has 3 aromatic carbocycles. The summed E-state index contributed by atoms with van der Waals surface area (Å²) >= 11 is 0. The van der Waals surface area contributed by atoms with E-state index in [1.807, 2.05) is 54.6 Å². The summed E-state index contributed by atoms with van der Waals surface area (Å²) in [6.45, 7) is 2.39. The third kappa shape index (κ3) is 4.40. The smallest absolute Gasteiger partial charge is 0.134 e. The van der Waals surface area contributed by atoms with Crippen LogP contribution in [0.3, 0.4) is 0 Å². The molecular formula is C24H23F2NO2. The van der Waals surface area contributed by atoms with Gasteiger partial charge >= 0.3 is 0 Å². The highest BCUT2D eigenvalue weighted by molar-refractivity contribution is 5.41. The fraction of sp³-hybridized carbons (Fsp3) is 0.250. The van der Waals surface area contributed by atoms with Gasteiger partial charge in [0.05, 0.1) is 11.6 Å². The minimum absolute atomic E-state index is 0.0229. The maximum absolute atomic E-state index is 14.3. The molecule has 1 aliphatic heterocycles. The lowest BCUT2D eigenvalue weighted by atomic mass is 9.99. The van der Waals surface area contributed by atoms with Crippen LogP contribution in [0.1, 0.15) is 43.0 Å². The molecule has 0 radical (unpaired) electrons. The number of benzene rings is 3. The molecule has 0 bridgehead atoms. The summed E-state index contributed by atoms with van der Waals surface area (Å²) < 4.78 is 39.1. The van der Waals surface area contributed by atoms with Gasteiger partial charge in [-0.1, -0.05) is 43.7 Å². The van der Waals surface area contributed by atoms with Gasteiger partial charge in [-0.15, -0.1) is 0 Å². The Morgan fingerprint density at radius 3 is 2.48 bits per heavy atom. The number of hydrogen-bond donors (Lipinski definition) is 1. The molecular weight excluding hydrogens is 372 g/mol. The Hall–Kier alpha value is -2.92. The summed E-state index contributed by atoms with van der Waals surface area (Å²) in [6.07, 6.45) is 1.85. The summed E-state index contributed by atoms with van der Waals surface area (Å²) in [5, 5.41) is 3.49. The second-order valence-electron chi connectivity index (χ2n) is 7.16. The molecule has 0 aromatic heterocycles. The first kappa shape index (κ1) is 19.4. The molecule has 0 aliphatic carbocycles. The van der Waals surface area contributed by atoms with E-state index in [1.54, 1.807) is 0 Å². The fourth-order valence-electron chi connectivity index (χ4n) is 3.68. The van der Waals surface area contributed by atoms with Gasteiger partial charge in [0.25, 0.3) is 0 Å². The van der Waals surface area contributed by atoms with Gasteiger partial charge in [0.15, 0.2) is 0 Å². The van der Waals surface area contributed by atoms with Crippen molar-refractivity contribution < 1.29 is 18.3 Å². The minimum atomic E-state index is -0.624. The quantitative estimate of drug-likeness (QED) is 0.508. The maximum Gasteiger partial charge on any atom is 0.134 e. The van der Waals surface area contributed by atoms with E-state index in [4.69, 9.17) is 9.47 Å². The van der Waals surface area contributed by atoms with Crippen LogP contribution in [0.2, 0.25) is 0 Å². The lowest BCUT2D eigenvalue weighted by Crippen LogP contribution is -2.28. The Morgan fingerprint density at radius 2 is 1.76 bits per heavy atom. The predicted molar refractivity (Wildman–Crippen MR) is 108 cm³/mol. The van der Waals surface area contributed by atoms with E-state index in [-0.39, 0.29) is 24.4 Å². The summed E-state index contributed by atoms with van der Waals surface area (Å²) in [5.41, 5.74) is 1.49. The van der Waals surface area contributed by atoms with Gasteiger partial charge in [0, 0.05) is 18.2 Å². The van der Waals surface area contributed by atoms with Crippen LogP contribution in [0, 0.1) is 11.6 Å². The van der Waals surface area contributed by atoms with Crippen molar-refractivity contribution in [2.75, 3.05) is 6.61 Å². The Morgan fingerprint density at radius 1 is 1.03 bits per heavy atom. The molecule has 1 N–H and O–H groups in total. The summed E-state index contributed by atoms with van der Waals surface area (Å²) in [4.78, 5) is 0. The van der Waals surface area contributed by atoms with Crippen LogP contribution in [0.15, 0.2) is 66.7 Å². The molecule has 3 nitrogen and oxygen atoms in total. The van der Waals surface area contributed by atoms with Crippen molar-refractivity contribution in [1.29, 1.82) is 0 Å². The summed E-state index contributed by atoms with van der Waals surface area (Å²) in [5.74, 6) is 0.622. The number of nitrogens with one attached hydrogen (secondary N) is 1. The number of hydrogen-bond acceptors (Lipinski definition) is 3. The van der Waals surface area contributed by atoms with Crippen LogP contribution in [-0.4, -0.2) is 6.61 Å². The molecule has 0 saturated carbocycles. The first-order valence-electron chi connectivity index (χ1n) is 9.84. The van der Waals surface area contributed by atoms with Gasteiger partial charge < -0.3 is 9.47 Å². The van der Waals surface area contributed by atoms with Crippen LogP contribution >= 0.6 is 0 Å². The molecule has 1 heterocycles. The lowest BCUT2D eigenvalue weighted by molar-refractivity contribution is 0.292. The molecule has 2 unspecified atom stereocenters. The van der Waals surface area contributed by atoms with Crippen molar-refractivity contribution in [3.63, 3.8) is 0 Å². The van der Waals surface area contributed by atoms with Crippen molar-refractivity contribution in [2.45, 2.75) is 31.8 Å². The molecule has 150 valence electrons. The Labute approximate surface area is 169 Å². The monoisotopic (exact) mass is 395 g/mol. The van der Waals surface area contributed by atoms with E-state index in [0.29, 0.717) is 5.56 Å². The average molecular weight is 395 g/mol. The van der Waals surface area contributed by atoms with E-state index in [1.165, 1.54) is 6.07 Å². The number of halogens is 2. The van der Waals surface area contributed by atoms with Crippen molar-refractivity contribution in [3.8, 4) is 17.2 Å². The third-order valence-corrected chi connectivity index (χ3v) is 5.05. The number of fused-ring (bicyclic) bond motifs is 1. The standard InChI is InChI=1S/C24H23F2NO2/c1-2-6-21(27-22-15-28-23-14-17(25)13-20(26)24(22)23)16-9-11-19(12-10-16)29-18-7-4-3-5-8-18/h3-5,7-14,21-22,27H,2,6,15H2,1H3. The molecule has 5 heteroatoms. The topological polar surface area (TPSA) is 30.5 Å². The lowest BCUT2D eigenvalue weighted by Gasteiger charge is -2.23. The zero-order chi connectivity index (χ0) is 20.2. The average Bonchev–Trinajstić information content (AvgIpc) is 3.12. The van der Waals surface area contributed by atoms with E-state index >= 15 is 0 Å². The first-order chi connectivity index (χ1) is 14.1. The normalized spacial score (nSPS) is 16.2. The van der Waals surface area contributed by atoms with Crippen LogP contribution in [0.4, 0.5) is 8.78 Å². The molecule has 0 amide bonds. The highest BCUT2D eigenvalue weighted by atomic mass is 19.1. The van der Waals surface area contributed by atoms with Gasteiger partial charge in [-0.2, -0.15) is 0 Å². The molecule has 1 aliphatic rings. The fourth-order valence-corrected chi connectivity index (χ4v) is 3.68. The zero-order valence-corrected chi connectivity index (χ0v) is 16.2. The highest BCUT2D eigenvalue weighted by Crippen LogP contribution is 2.37. The van der Waals surface area contributed by atoms with Gasteiger partial charge in [0.1, 0.15) is 35.5 Å². The van der Waals surface area contributed by atoms with E-state index < -0.39 is 11.6 Å². The van der Waals surface area contributed by atoms with Crippen LogP contribution in [-0.2, 0) is 0 Å². The van der Waals surface area contributed by atoms with Gasteiger partial charge in [-0.25, -0.2) is 8.78 Å². The summed E-state index contributed by atoms with van der Waals surface area (Å²) in [6, 6.07) is 19.4. The number of ether oxygens (including phenoxy) is 2. The SMILES string of the molecule is CCCC(NC1COc2cc(F)cc(F)c21)c1ccc(Oc2ccccc2)cc1. The van der Waals surface area contributed by atoms with E-state index in [2.05, 4.69) is 12.2 Å². The predicted octanol–water partition coefficient (Wildman–Crippen LogP) is 6.32. The second-order valence-corrected chi connectivity index (χ2v) is 7.16. The summed E-state index contributed by atoms with van der Waals surface area (Å²) in [7, 11) is 0. The van der Waals surface area contributed by atoms with Crippen molar-refractivity contribution in [1.82, 2.24) is 5.32 Å². The first-order valence-corrected chi connectivity index (χ1v) is 9.84. The second kappa shape index (κ2) is 8.62. The van der Waals surface area contributed by atoms with Crippen molar-refractivity contribution >= 4 is 0 Å². The Bertz CT molecular complexity index is 961. The molecule has 0 spiro atoms. The van der Waals surface area contributed by atoms with Gasteiger partial charge in [-0.3, -0.25) is 5.32 Å². The van der Waals surface area contributed by atoms with E-state index in [9.17, 15) is 8.78 Å². The van der Waals surface area contributed by atoms with Crippen molar-refractivity contribution in [2.24, 2.45) is 0 Å². The third-order valence-electron chi connectivity index (χ3n) is 5.05. The van der Waals surface area contributed by atoms with Crippen LogP contribution in [0.25, 0.3) is 0 Å². The van der Waals surface area contributed by atoms with Gasteiger partial charge in [0.2, 0.25) is 0 Å². The zero-order valence-electron chi connectivity index (χ0n) is 16.2. The molecule has 0 fully saturated rings. The van der Waals surface area contributed by atoms with Gasteiger partial charge in [-0.05, 0) is 36.2 Å². The molecule has 2 atom stereocenters. The largest absolute Gasteiger partial charge is 0.491 e. The molecule has 3 aromatic rings. The minimum Gasteiger partial charge on any atom is -0.491 e. The van der Waals surface area contributed by atoms with Crippen molar-refractivity contribution in [3.05, 3.63) is 89.5 Å². The van der Waals surface area contributed by atoms with Crippen LogP contribution in [0.5, 0.6) is 17.2 Å². The number of rotatable bonds is 7. The maximum atomic E-state index is 14.3. The molecule has 4 rings (SSSR count).